The first-order chi connectivity index (χ1) is 13.6. The molecule has 0 N–H and O–H groups in total. The molecule has 2 aromatic carbocycles. The van der Waals surface area contributed by atoms with Gasteiger partial charge in [0, 0.05) is 43.3 Å². The summed E-state index contributed by atoms with van der Waals surface area (Å²) in [6.45, 7) is 3.04. The van der Waals surface area contributed by atoms with Crippen molar-refractivity contribution in [1.82, 2.24) is 14.8 Å². The molecular weight excluding hydrogens is 401 g/mol. The van der Waals surface area contributed by atoms with Gasteiger partial charge in [-0.05, 0) is 24.3 Å². The first-order valence-corrected chi connectivity index (χ1v) is 10.4. The second kappa shape index (κ2) is 8.51. The molecule has 0 aliphatic carbocycles. The highest BCUT2D eigenvalue weighted by atomic mass is 35.5. The predicted octanol–water partition coefficient (Wildman–Crippen LogP) is 4.06. The molecule has 0 spiro atoms. The SMILES string of the molecule is O=C(CSc1nc2ccccc2o1)N1CCN(Cc2c(F)cccc2Cl)CC1. The second-order valence-electron chi connectivity index (χ2n) is 6.59. The molecule has 0 radical (unpaired) electrons. The largest absolute Gasteiger partial charge is 0.431 e. The van der Waals surface area contributed by atoms with Crippen molar-refractivity contribution in [3.63, 3.8) is 0 Å². The van der Waals surface area contributed by atoms with E-state index >= 15 is 0 Å². The number of benzene rings is 2. The van der Waals surface area contributed by atoms with Gasteiger partial charge in [-0.2, -0.15) is 0 Å². The highest BCUT2D eigenvalue weighted by Crippen LogP contribution is 2.24. The topological polar surface area (TPSA) is 49.6 Å². The summed E-state index contributed by atoms with van der Waals surface area (Å²) in [5, 5.41) is 0.940. The zero-order valence-electron chi connectivity index (χ0n) is 15.1. The molecule has 1 aliphatic heterocycles. The van der Waals surface area contributed by atoms with Gasteiger partial charge in [-0.15, -0.1) is 0 Å². The van der Waals surface area contributed by atoms with Crippen LogP contribution in [0.2, 0.25) is 5.02 Å². The van der Waals surface area contributed by atoms with Crippen molar-refractivity contribution in [2.75, 3.05) is 31.9 Å². The maximum atomic E-state index is 14.0. The van der Waals surface area contributed by atoms with Gasteiger partial charge in [-0.1, -0.05) is 41.6 Å². The molecule has 146 valence electrons. The van der Waals surface area contributed by atoms with Crippen molar-refractivity contribution in [2.24, 2.45) is 0 Å². The Kier molecular flexibility index (Phi) is 5.85. The number of carbonyl (C=O) groups is 1. The Balaban J connectivity index is 1.28. The summed E-state index contributed by atoms with van der Waals surface area (Å²) in [5.41, 5.74) is 2.02. The lowest BCUT2D eigenvalue weighted by atomic mass is 10.2. The number of para-hydroxylation sites is 2. The van der Waals surface area contributed by atoms with Gasteiger partial charge in [0.25, 0.3) is 5.22 Å². The van der Waals surface area contributed by atoms with Crippen LogP contribution in [-0.4, -0.2) is 52.6 Å². The highest BCUT2D eigenvalue weighted by molar-refractivity contribution is 7.99. The van der Waals surface area contributed by atoms with Crippen molar-refractivity contribution in [3.05, 3.63) is 58.9 Å². The van der Waals surface area contributed by atoms with Crippen molar-refractivity contribution in [3.8, 4) is 0 Å². The summed E-state index contributed by atoms with van der Waals surface area (Å²) in [5.74, 6) is 0.0444. The molecule has 8 heteroatoms. The monoisotopic (exact) mass is 419 g/mol. The minimum atomic E-state index is -0.291. The maximum Gasteiger partial charge on any atom is 0.257 e. The fourth-order valence-electron chi connectivity index (χ4n) is 3.19. The maximum absolute atomic E-state index is 14.0. The third-order valence-electron chi connectivity index (χ3n) is 4.76. The number of amides is 1. The van der Waals surface area contributed by atoms with Gasteiger partial charge >= 0.3 is 0 Å². The summed E-state index contributed by atoms with van der Waals surface area (Å²) >= 11 is 7.41. The lowest BCUT2D eigenvalue weighted by Gasteiger charge is -2.34. The van der Waals surface area contributed by atoms with Crippen LogP contribution in [0.5, 0.6) is 0 Å². The van der Waals surface area contributed by atoms with E-state index < -0.39 is 0 Å². The van der Waals surface area contributed by atoms with Crippen LogP contribution in [0.15, 0.2) is 52.1 Å². The average molecular weight is 420 g/mol. The Labute approximate surface area is 171 Å². The molecule has 1 amide bonds. The smallest absolute Gasteiger partial charge is 0.257 e. The lowest BCUT2D eigenvalue weighted by molar-refractivity contribution is -0.130. The van der Waals surface area contributed by atoms with Gasteiger partial charge in [0.15, 0.2) is 5.58 Å². The molecule has 0 atom stereocenters. The van der Waals surface area contributed by atoms with E-state index in [1.807, 2.05) is 29.2 Å². The minimum Gasteiger partial charge on any atom is -0.431 e. The molecule has 1 aromatic heterocycles. The number of oxazole rings is 1. The molecule has 4 rings (SSSR count). The summed E-state index contributed by atoms with van der Waals surface area (Å²) in [7, 11) is 0. The average Bonchev–Trinajstić information content (AvgIpc) is 3.12. The highest BCUT2D eigenvalue weighted by Gasteiger charge is 2.23. The van der Waals surface area contributed by atoms with Crippen LogP contribution in [0.25, 0.3) is 11.1 Å². The first kappa shape index (κ1) is 19.2. The fraction of sp³-hybridized carbons (Fsp3) is 0.300. The Morgan fingerprint density at radius 3 is 2.68 bits per heavy atom. The molecule has 0 saturated carbocycles. The summed E-state index contributed by atoms with van der Waals surface area (Å²) < 4.78 is 19.6. The van der Waals surface area contributed by atoms with Crippen LogP contribution < -0.4 is 0 Å². The number of thioether (sulfide) groups is 1. The first-order valence-electron chi connectivity index (χ1n) is 9.01. The van der Waals surface area contributed by atoms with E-state index in [1.54, 1.807) is 12.1 Å². The van der Waals surface area contributed by atoms with Crippen molar-refractivity contribution in [2.45, 2.75) is 11.8 Å². The van der Waals surface area contributed by atoms with Crippen LogP contribution in [0, 0.1) is 5.82 Å². The standard InChI is InChI=1S/C20H19ClFN3O2S/c21-15-4-3-5-16(22)14(15)12-24-8-10-25(11-9-24)19(26)13-28-20-23-17-6-1-2-7-18(17)27-20/h1-7H,8-13H2. The molecule has 1 aliphatic rings. The van der Waals surface area contributed by atoms with Crippen molar-refractivity contribution < 1.29 is 13.6 Å². The van der Waals surface area contributed by atoms with Crippen LogP contribution in [0.4, 0.5) is 4.39 Å². The Bertz CT molecular complexity index is 935. The number of hydrogen-bond acceptors (Lipinski definition) is 5. The predicted molar refractivity (Wildman–Crippen MR) is 108 cm³/mol. The summed E-state index contributed by atoms with van der Waals surface area (Å²) in [4.78, 5) is 20.8. The molecule has 3 aromatic rings. The van der Waals surface area contributed by atoms with E-state index in [-0.39, 0.29) is 17.5 Å². The quantitative estimate of drug-likeness (QED) is 0.584. The number of carbonyl (C=O) groups excluding carboxylic acids is 1. The number of hydrogen-bond donors (Lipinski definition) is 0. The van der Waals surface area contributed by atoms with E-state index in [4.69, 9.17) is 16.0 Å². The molecule has 1 saturated heterocycles. The summed E-state index contributed by atoms with van der Waals surface area (Å²) in [6, 6.07) is 12.3. The number of nitrogens with zero attached hydrogens (tertiary/aromatic N) is 3. The zero-order chi connectivity index (χ0) is 19.5. The van der Waals surface area contributed by atoms with Crippen LogP contribution in [-0.2, 0) is 11.3 Å². The second-order valence-corrected chi connectivity index (χ2v) is 7.93. The molecule has 2 heterocycles. The van der Waals surface area contributed by atoms with Crippen LogP contribution in [0.3, 0.4) is 0 Å². The van der Waals surface area contributed by atoms with Crippen LogP contribution >= 0.6 is 23.4 Å². The minimum absolute atomic E-state index is 0.0517. The van der Waals surface area contributed by atoms with E-state index in [2.05, 4.69) is 9.88 Å². The number of rotatable bonds is 5. The zero-order valence-corrected chi connectivity index (χ0v) is 16.7. The van der Waals surface area contributed by atoms with E-state index in [0.29, 0.717) is 48.5 Å². The van der Waals surface area contributed by atoms with E-state index in [9.17, 15) is 9.18 Å². The molecule has 28 heavy (non-hydrogen) atoms. The molecular formula is C20H19ClFN3O2S. The third kappa shape index (κ3) is 4.32. The number of aromatic nitrogens is 1. The summed E-state index contributed by atoms with van der Waals surface area (Å²) in [6.07, 6.45) is 0. The van der Waals surface area contributed by atoms with Gasteiger partial charge in [-0.25, -0.2) is 9.37 Å². The van der Waals surface area contributed by atoms with Crippen molar-refractivity contribution >= 4 is 40.4 Å². The molecule has 5 nitrogen and oxygen atoms in total. The van der Waals surface area contributed by atoms with Gasteiger partial charge < -0.3 is 9.32 Å². The normalized spacial score (nSPS) is 15.3. The molecule has 0 unspecified atom stereocenters. The molecule has 0 bridgehead atoms. The van der Waals surface area contributed by atoms with Crippen LogP contribution in [0.1, 0.15) is 5.56 Å². The van der Waals surface area contributed by atoms with Gasteiger partial charge in [0.2, 0.25) is 5.91 Å². The number of fused-ring (bicyclic) bond motifs is 1. The van der Waals surface area contributed by atoms with E-state index in [0.717, 1.165) is 11.1 Å². The van der Waals surface area contributed by atoms with Gasteiger partial charge in [0.1, 0.15) is 11.3 Å². The number of piperazine rings is 1. The van der Waals surface area contributed by atoms with Gasteiger partial charge in [-0.3, -0.25) is 9.69 Å². The fourth-order valence-corrected chi connectivity index (χ4v) is 4.15. The lowest BCUT2D eigenvalue weighted by Crippen LogP contribution is -2.48. The van der Waals surface area contributed by atoms with E-state index in [1.165, 1.54) is 17.8 Å². The molecule has 1 fully saturated rings. The number of halogens is 2. The Morgan fingerprint density at radius 2 is 1.93 bits per heavy atom. The van der Waals surface area contributed by atoms with Gasteiger partial charge in [0.05, 0.1) is 5.75 Å². The Hall–Kier alpha value is -2.09. The van der Waals surface area contributed by atoms with Crippen molar-refractivity contribution in [1.29, 1.82) is 0 Å². The third-order valence-corrected chi connectivity index (χ3v) is 5.93. The Morgan fingerprint density at radius 1 is 1.14 bits per heavy atom.